The predicted molar refractivity (Wildman–Crippen MR) is 80.8 cm³/mol. The van der Waals surface area contributed by atoms with Crippen molar-refractivity contribution in [2.45, 2.75) is 39.0 Å². The summed E-state index contributed by atoms with van der Waals surface area (Å²) in [4.78, 5) is 23.5. The quantitative estimate of drug-likeness (QED) is 0.617. The second-order valence-corrected chi connectivity index (χ2v) is 5.08. The van der Waals surface area contributed by atoms with E-state index in [4.69, 9.17) is 16.3 Å². The van der Waals surface area contributed by atoms with Gasteiger partial charge in [-0.25, -0.2) is 0 Å². The lowest BCUT2D eigenvalue weighted by Crippen LogP contribution is -2.14. The van der Waals surface area contributed by atoms with Gasteiger partial charge in [-0.1, -0.05) is 6.92 Å². The average molecular weight is 298 g/mol. The van der Waals surface area contributed by atoms with E-state index in [-0.39, 0.29) is 11.7 Å². The van der Waals surface area contributed by atoms with Gasteiger partial charge in [0.15, 0.2) is 5.78 Å². The van der Waals surface area contributed by atoms with E-state index in [9.17, 15) is 9.59 Å². The van der Waals surface area contributed by atoms with Gasteiger partial charge in [0.05, 0.1) is 17.7 Å². The van der Waals surface area contributed by atoms with Crippen LogP contribution in [0.1, 0.15) is 44.0 Å². The summed E-state index contributed by atoms with van der Waals surface area (Å²) in [6.07, 6.45) is 1.22. The number of halogens is 1. The molecule has 1 atom stereocenters. The number of Topliss-reactive ketones (excluding diaryl/α,β-unsaturated/α-hetero) is 1. The summed E-state index contributed by atoms with van der Waals surface area (Å²) in [6.45, 7) is 5.86. The van der Waals surface area contributed by atoms with Crippen molar-refractivity contribution in [1.82, 2.24) is 0 Å². The number of benzene rings is 1. The number of ketones is 1. The Morgan fingerprint density at radius 2 is 2.05 bits per heavy atom. The van der Waals surface area contributed by atoms with Crippen molar-refractivity contribution in [1.29, 1.82) is 0 Å². The highest BCUT2D eigenvalue weighted by Crippen LogP contribution is 2.27. The molecule has 0 spiro atoms. The smallest absolute Gasteiger partial charge is 0.224 e. The SMILES string of the molecule is CCCC(=O)Nc1ccc(C(=O)C(C)Cl)cc1OCC. The minimum Gasteiger partial charge on any atom is -0.492 e. The fourth-order valence-corrected chi connectivity index (χ4v) is 1.85. The molecule has 1 unspecified atom stereocenters. The highest BCUT2D eigenvalue weighted by molar-refractivity contribution is 6.33. The Kier molecular flexibility index (Phi) is 6.52. The largest absolute Gasteiger partial charge is 0.492 e. The van der Waals surface area contributed by atoms with Crippen molar-refractivity contribution < 1.29 is 14.3 Å². The van der Waals surface area contributed by atoms with Crippen molar-refractivity contribution in [3.05, 3.63) is 23.8 Å². The van der Waals surface area contributed by atoms with Crippen LogP contribution in [0.3, 0.4) is 0 Å². The van der Waals surface area contributed by atoms with E-state index in [0.717, 1.165) is 6.42 Å². The zero-order valence-corrected chi connectivity index (χ0v) is 12.8. The molecule has 1 amide bonds. The Hall–Kier alpha value is -1.55. The van der Waals surface area contributed by atoms with Crippen LogP contribution in [-0.4, -0.2) is 23.7 Å². The predicted octanol–water partition coefficient (Wildman–Crippen LogP) is 3.63. The second-order valence-electron chi connectivity index (χ2n) is 4.42. The van der Waals surface area contributed by atoms with Gasteiger partial charge in [-0.05, 0) is 38.5 Å². The van der Waals surface area contributed by atoms with Crippen molar-refractivity contribution in [3.8, 4) is 5.75 Å². The number of nitrogens with one attached hydrogen (secondary N) is 1. The first-order valence-electron chi connectivity index (χ1n) is 6.74. The molecule has 0 aliphatic carbocycles. The number of hydrogen-bond acceptors (Lipinski definition) is 3. The summed E-state index contributed by atoms with van der Waals surface area (Å²) >= 11 is 5.80. The van der Waals surface area contributed by atoms with Gasteiger partial charge in [0.1, 0.15) is 5.75 Å². The molecule has 4 nitrogen and oxygen atoms in total. The maximum atomic E-state index is 11.9. The molecule has 0 heterocycles. The molecule has 1 rings (SSSR count). The van der Waals surface area contributed by atoms with Crippen molar-refractivity contribution in [2.75, 3.05) is 11.9 Å². The summed E-state index contributed by atoms with van der Waals surface area (Å²) in [6, 6.07) is 4.93. The third-order valence-electron chi connectivity index (χ3n) is 2.68. The molecular weight excluding hydrogens is 278 g/mol. The molecule has 0 fully saturated rings. The minimum absolute atomic E-state index is 0.0711. The molecule has 0 saturated heterocycles. The monoisotopic (exact) mass is 297 g/mol. The minimum atomic E-state index is -0.593. The molecule has 0 aliphatic heterocycles. The van der Waals surface area contributed by atoms with Gasteiger partial charge >= 0.3 is 0 Å². The second kappa shape index (κ2) is 7.90. The molecule has 110 valence electrons. The molecular formula is C15H20ClNO3. The highest BCUT2D eigenvalue weighted by atomic mass is 35.5. The van der Waals surface area contributed by atoms with Gasteiger partial charge in [-0.15, -0.1) is 11.6 Å². The maximum Gasteiger partial charge on any atom is 0.224 e. The van der Waals surface area contributed by atoms with E-state index in [2.05, 4.69) is 5.32 Å². The van der Waals surface area contributed by atoms with Gasteiger partial charge in [0, 0.05) is 12.0 Å². The molecule has 20 heavy (non-hydrogen) atoms. The van der Waals surface area contributed by atoms with E-state index in [1.54, 1.807) is 25.1 Å². The Bertz CT molecular complexity index is 486. The number of amides is 1. The van der Waals surface area contributed by atoms with Crippen LogP contribution in [0, 0.1) is 0 Å². The van der Waals surface area contributed by atoms with Gasteiger partial charge in [0.2, 0.25) is 5.91 Å². The van der Waals surface area contributed by atoms with Crippen LogP contribution in [0.15, 0.2) is 18.2 Å². The number of carbonyl (C=O) groups is 2. The summed E-state index contributed by atoms with van der Waals surface area (Å²) in [5, 5.41) is 2.19. The number of alkyl halides is 1. The van der Waals surface area contributed by atoms with Gasteiger partial charge in [-0.2, -0.15) is 0 Å². The third-order valence-corrected chi connectivity index (χ3v) is 2.88. The molecule has 1 aromatic rings. The topological polar surface area (TPSA) is 55.4 Å². The lowest BCUT2D eigenvalue weighted by molar-refractivity contribution is -0.116. The van der Waals surface area contributed by atoms with Gasteiger partial charge < -0.3 is 10.1 Å². The number of carbonyl (C=O) groups excluding carboxylic acids is 2. The highest BCUT2D eigenvalue weighted by Gasteiger charge is 2.15. The molecule has 0 aliphatic rings. The normalized spacial score (nSPS) is 11.8. The van der Waals surface area contributed by atoms with Crippen LogP contribution in [-0.2, 0) is 4.79 Å². The Balaban J connectivity index is 3.01. The molecule has 1 aromatic carbocycles. The Morgan fingerprint density at radius 3 is 2.60 bits per heavy atom. The van der Waals surface area contributed by atoms with Crippen molar-refractivity contribution in [2.24, 2.45) is 0 Å². The first-order valence-corrected chi connectivity index (χ1v) is 7.18. The standard InChI is InChI=1S/C15H20ClNO3/c1-4-6-14(18)17-12-8-7-11(15(19)10(3)16)9-13(12)20-5-2/h7-10H,4-6H2,1-3H3,(H,17,18). The zero-order chi connectivity index (χ0) is 15.1. The fraction of sp³-hybridized carbons (Fsp3) is 0.467. The van der Waals surface area contributed by atoms with Crippen LogP contribution in [0.4, 0.5) is 5.69 Å². The molecule has 0 bridgehead atoms. The summed E-state index contributed by atoms with van der Waals surface area (Å²) in [7, 11) is 0. The van der Waals surface area contributed by atoms with Crippen LogP contribution in [0.5, 0.6) is 5.75 Å². The van der Waals surface area contributed by atoms with Crippen molar-refractivity contribution >= 4 is 29.0 Å². The number of rotatable bonds is 7. The first-order chi connectivity index (χ1) is 9.49. The van der Waals surface area contributed by atoms with E-state index >= 15 is 0 Å². The summed E-state index contributed by atoms with van der Waals surface area (Å²) in [5.41, 5.74) is 1.05. The Labute approximate surface area is 124 Å². The average Bonchev–Trinajstić information content (AvgIpc) is 2.40. The molecule has 1 N–H and O–H groups in total. The lowest BCUT2D eigenvalue weighted by Gasteiger charge is -2.13. The molecule has 5 heteroatoms. The summed E-state index contributed by atoms with van der Waals surface area (Å²) in [5.74, 6) is 0.248. The van der Waals surface area contributed by atoms with Crippen LogP contribution < -0.4 is 10.1 Å². The number of hydrogen-bond donors (Lipinski definition) is 1. The summed E-state index contributed by atoms with van der Waals surface area (Å²) < 4.78 is 5.48. The Morgan fingerprint density at radius 1 is 1.35 bits per heavy atom. The molecule has 0 radical (unpaired) electrons. The third kappa shape index (κ3) is 4.53. The zero-order valence-electron chi connectivity index (χ0n) is 12.0. The molecule has 0 saturated carbocycles. The van der Waals surface area contributed by atoms with E-state index in [1.807, 2.05) is 13.8 Å². The van der Waals surface area contributed by atoms with Crippen LogP contribution in [0.25, 0.3) is 0 Å². The van der Waals surface area contributed by atoms with Crippen LogP contribution in [0.2, 0.25) is 0 Å². The maximum absolute atomic E-state index is 11.9. The van der Waals surface area contributed by atoms with Gasteiger partial charge in [0.25, 0.3) is 0 Å². The van der Waals surface area contributed by atoms with E-state index in [0.29, 0.717) is 30.0 Å². The first kappa shape index (κ1) is 16.5. The lowest BCUT2D eigenvalue weighted by atomic mass is 10.1. The number of anilines is 1. The fourth-order valence-electron chi connectivity index (χ4n) is 1.72. The molecule has 0 aromatic heterocycles. The van der Waals surface area contributed by atoms with E-state index < -0.39 is 5.38 Å². The van der Waals surface area contributed by atoms with Crippen LogP contribution >= 0.6 is 11.6 Å². The number of ether oxygens (including phenoxy) is 1. The van der Waals surface area contributed by atoms with Gasteiger partial charge in [-0.3, -0.25) is 9.59 Å². The van der Waals surface area contributed by atoms with E-state index in [1.165, 1.54) is 0 Å². The van der Waals surface area contributed by atoms with Crippen molar-refractivity contribution in [3.63, 3.8) is 0 Å².